The van der Waals surface area contributed by atoms with Crippen LogP contribution in [0, 0.1) is 0 Å². The van der Waals surface area contributed by atoms with E-state index in [9.17, 15) is 4.79 Å². The van der Waals surface area contributed by atoms with Gasteiger partial charge in [-0.1, -0.05) is 59.1 Å². The van der Waals surface area contributed by atoms with E-state index in [0.717, 1.165) is 16.8 Å². The van der Waals surface area contributed by atoms with Gasteiger partial charge in [0, 0.05) is 27.2 Å². The van der Waals surface area contributed by atoms with E-state index in [0.29, 0.717) is 27.2 Å². The molecule has 0 saturated carbocycles. The Balaban J connectivity index is 1.64. The maximum Gasteiger partial charge on any atom is 0.342 e. The second kappa shape index (κ2) is 8.46. The number of rotatable bonds is 3. The van der Waals surface area contributed by atoms with Gasteiger partial charge in [-0.3, -0.25) is 0 Å². The molecule has 1 atom stereocenters. The van der Waals surface area contributed by atoms with E-state index >= 15 is 0 Å². The Morgan fingerprint density at radius 3 is 1.93 bits per heavy atom. The molecule has 4 nitrogen and oxygen atoms in total. The van der Waals surface area contributed by atoms with E-state index in [4.69, 9.17) is 34.8 Å². The lowest BCUT2D eigenvalue weighted by Gasteiger charge is -2.22. The zero-order chi connectivity index (χ0) is 20.4. The Bertz CT molecular complexity index is 1050. The van der Waals surface area contributed by atoms with Crippen molar-refractivity contribution in [3.8, 4) is 0 Å². The summed E-state index contributed by atoms with van der Waals surface area (Å²) < 4.78 is 0. The number of hydrogen-bond acceptors (Lipinski definition) is 2. The van der Waals surface area contributed by atoms with Gasteiger partial charge in [0.15, 0.2) is 0 Å². The molecule has 29 heavy (non-hydrogen) atoms. The van der Waals surface area contributed by atoms with E-state index in [1.807, 2.05) is 48.5 Å². The highest BCUT2D eigenvalue weighted by Crippen LogP contribution is 2.34. The van der Waals surface area contributed by atoms with Gasteiger partial charge in [0.2, 0.25) is 0 Å². The maximum atomic E-state index is 13.0. The number of hydrogen-bond donors (Lipinski definition) is 1. The molecule has 3 aromatic carbocycles. The number of amides is 2. The number of nitrogens with one attached hydrogen (secondary N) is 1. The van der Waals surface area contributed by atoms with Crippen molar-refractivity contribution in [1.82, 2.24) is 5.01 Å². The zero-order valence-corrected chi connectivity index (χ0v) is 17.4. The minimum Gasteiger partial charge on any atom is -0.306 e. The number of anilines is 1. The molecule has 0 fully saturated rings. The molecule has 1 unspecified atom stereocenters. The molecule has 0 aromatic heterocycles. The largest absolute Gasteiger partial charge is 0.342 e. The number of halogens is 3. The highest BCUT2D eigenvalue weighted by Gasteiger charge is 2.33. The quantitative estimate of drug-likeness (QED) is 0.463. The highest BCUT2D eigenvalue weighted by atomic mass is 35.5. The number of carbonyl (C=O) groups is 1. The molecular weight excluding hydrogens is 429 g/mol. The van der Waals surface area contributed by atoms with Crippen LogP contribution in [0.2, 0.25) is 15.1 Å². The number of hydrazone groups is 1. The van der Waals surface area contributed by atoms with E-state index in [2.05, 4.69) is 10.4 Å². The third-order valence-corrected chi connectivity index (χ3v) is 5.40. The van der Waals surface area contributed by atoms with Crippen LogP contribution in [0.15, 0.2) is 77.9 Å². The standard InChI is InChI=1S/C22H16Cl3N3O/c23-16-5-1-14(2-6-16)20-13-21(15-3-7-17(24)8-4-15)28(27-20)22(29)26-19-11-9-18(25)10-12-19/h1-12,21H,13H2,(H,26,29). The Hall–Kier alpha value is -2.53. The summed E-state index contributed by atoms with van der Waals surface area (Å²) in [7, 11) is 0. The molecule has 0 bridgehead atoms. The average Bonchev–Trinajstić information content (AvgIpc) is 3.16. The fourth-order valence-electron chi connectivity index (χ4n) is 3.17. The van der Waals surface area contributed by atoms with Crippen LogP contribution in [-0.2, 0) is 0 Å². The predicted octanol–water partition coefficient (Wildman–Crippen LogP) is 7.03. The van der Waals surface area contributed by atoms with Gasteiger partial charge in [-0.2, -0.15) is 5.10 Å². The van der Waals surface area contributed by atoms with Gasteiger partial charge < -0.3 is 5.32 Å². The molecule has 0 aliphatic carbocycles. The second-order valence-corrected chi connectivity index (χ2v) is 7.92. The van der Waals surface area contributed by atoms with E-state index in [1.54, 1.807) is 24.3 Å². The Morgan fingerprint density at radius 2 is 1.34 bits per heavy atom. The molecule has 7 heteroatoms. The monoisotopic (exact) mass is 443 g/mol. The molecule has 2 amide bonds. The average molecular weight is 445 g/mol. The number of carbonyl (C=O) groups excluding carboxylic acids is 1. The summed E-state index contributed by atoms with van der Waals surface area (Å²) in [5.74, 6) is 0. The van der Waals surface area contributed by atoms with Gasteiger partial charge in [0.1, 0.15) is 0 Å². The van der Waals surface area contributed by atoms with Crippen molar-refractivity contribution in [2.75, 3.05) is 5.32 Å². The number of nitrogens with zero attached hydrogens (tertiary/aromatic N) is 2. The van der Waals surface area contributed by atoms with Crippen molar-refractivity contribution < 1.29 is 4.79 Å². The van der Waals surface area contributed by atoms with Crippen molar-refractivity contribution in [3.05, 3.63) is 99.0 Å². The maximum absolute atomic E-state index is 13.0. The van der Waals surface area contributed by atoms with Crippen molar-refractivity contribution in [2.45, 2.75) is 12.5 Å². The van der Waals surface area contributed by atoms with Gasteiger partial charge in [-0.25, -0.2) is 9.80 Å². The van der Waals surface area contributed by atoms with E-state index < -0.39 is 0 Å². The third kappa shape index (κ3) is 4.56. The summed E-state index contributed by atoms with van der Waals surface area (Å²) in [4.78, 5) is 13.0. The van der Waals surface area contributed by atoms with Crippen LogP contribution in [0.5, 0.6) is 0 Å². The predicted molar refractivity (Wildman–Crippen MR) is 119 cm³/mol. The first-order valence-corrected chi connectivity index (χ1v) is 10.1. The lowest BCUT2D eigenvalue weighted by atomic mass is 9.98. The van der Waals surface area contributed by atoms with Gasteiger partial charge in [0.25, 0.3) is 0 Å². The van der Waals surface area contributed by atoms with Crippen molar-refractivity contribution in [3.63, 3.8) is 0 Å². The summed E-state index contributed by atoms with van der Waals surface area (Å²) in [6.45, 7) is 0. The molecule has 146 valence electrons. The third-order valence-electron chi connectivity index (χ3n) is 4.65. The molecule has 4 rings (SSSR count). The Labute approximate surface area is 183 Å². The van der Waals surface area contributed by atoms with Crippen molar-refractivity contribution >= 4 is 52.2 Å². The topological polar surface area (TPSA) is 44.7 Å². The molecular formula is C22H16Cl3N3O. The summed E-state index contributed by atoms with van der Waals surface area (Å²) in [5.41, 5.74) is 3.33. The molecule has 1 aliphatic rings. The smallest absolute Gasteiger partial charge is 0.306 e. The summed E-state index contributed by atoms with van der Waals surface area (Å²) >= 11 is 18.0. The van der Waals surface area contributed by atoms with Crippen LogP contribution in [0.25, 0.3) is 0 Å². The minimum atomic E-state index is -0.323. The van der Waals surface area contributed by atoms with E-state index in [1.165, 1.54) is 5.01 Å². The first-order chi connectivity index (χ1) is 14.0. The molecule has 0 saturated heterocycles. The minimum absolute atomic E-state index is 0.245. The normalized spacial score (nSPS) is 15.9. The zero-order valence-electron chi connectivity index (χ0n) is 15.1. The van der Waals surface area contributed by atoms with Crippen LogP contribution >= 0.6 is 34.8 Å². The fraction of sp³-hybridized carbons (Fsp3) is 0.0909. The molecule has 1 heterocycles. The lowest BCUT2D eigenvalue weighted by molar-refractivity contribution is 0.200. The molecule has 1 N–H and O–H groups in total. The molecule has 3 aromatic rings. The van der Waals surface area contributed by atoms with Crippen molar-refractivity contribution in [2.24, 2.45) is 5.10 Å². The molecule has 0 spiro atoms. The first-order valence-electron chi connectivity index (χ1n) is 8.94. The fourth-order valence-corrected chi connectivity index (χ4v) is 3.55. The first kappa shape index (κ1) is 19.8. The number of urea groups is 1. The van der Waals surface area contributed by atoms with Gasteiger partial charge >= 0.3 is 6.03 Å². The lowest BCUT2D eigenvalue weighted by Crippen LogP contribution is -2.31. The van der Waals surface area contributed by atoms with Crippen LogP contribution in [0.3, 0.4) is 0 Å². The van der Waals surface area contributed by atoms with E-state index in [-0.39, 0.29) is 12.1 Å². The summed E-state index contributed by atoms with van der Waals surface area (Å²) in [6, 6.07) is 21.3. The highest BCUT2D eigenvalue weighted by molar-refractivity contribution is 6.31. The van der Waals surface area contributed by atoms with Gasteiger partial charge in [-0.05, 0) is 59.7 Å². The molecule has 1 aliphatic heterocycles. The molecule has 0 radical (unpaired) electrons. The van der Waals surface area contributed by atoms with Gasteiger partial charge in [-0.15, -0.1) is 0 Å². The summed E-state index contributed by atoms with van der Waals surface area (Å²) in [6.07, 6.45) is 0.581. The number of benzene rings is 3. The van der Waals surface area contributed by atoms with Crippen molar-refractivity contribution in [1.29, 1.82) is 0 Å². The van der Waals surface area contributed by atoms with Crippen LogP contribution in [0.4, 0.5) is 10.5 Å². The SMILES string of the molecule is O=C(Nc1ccc(Cl)cc1)N1N=C(c2ccc(Cl)cc2)CC1c1ccc(Cl)cc1. The van der Waals surface area contributed by atoms with Crippen LogP contribution in [0.1, 0.15) is 23.6 Å². The Morgan fingerprint density at radius 1 is 0.828 bits per heavy atom. The van der Waals surface area contributed by atoms with Crippen LogP contribution < -0.4 is 5.32 Å². The van der Waals surface area contributed by atoms with Crippen LogP contribution in [-0.4, -0.2) is 16.8 Å². The Kier molecular flexibility index (Phi) is 5.76. The van der Waals surface area contributed by atoms with Gasteiger partial charge in [0.05, 0.1) is 11.8 Å². The second-order valence-electron chi connectivity index (χ2n) is 6.61. The summed E-state index contributed by atoms with van der Waals surface area (Å²) in [5, 5.41) is 10.9.